The van der Waals surface area contributed by atoms with E-state index >= 15 is 0 Å². The number of imide groups is 1. The van der Waals surface area contributed by atoms with Crippen LogP contribution in [0.4, 0.5) is 11.4 Å². The van der Waals surface area contributed by atoms with E-state index in [1.54, 1.807) is 42.5 Å². The van der Waals surface area contributed by atoms with Gasteiger partial charge in [0.1, 0.15) is 11.8 Å². The predicted octanol–water partition coefficient (Wildman–Crippen LogP) is 4.71. The van der Waals surface area contributed by atoms with Gasteiger partial charge in [-0.05, 0) is 55.3 Å². The van der Waals surface area contributed by atoms with E-state index in [9.17, 15) is 24.5 Å². The van der Waals surface area contributed by atoms with Gasteiger partial charge in [0, 0.05) is 22.8 Å². The zero-order valence-electron chi connectivity index (χ0n) is 19.3. The minimum atomic E-state index is -1.13. The minimum Gasteiger partial charge on any atom is -0.494 e. The van der Waals surface area contributed by atoms with Crippen LogP contribution in [0.3, 0.4) is 0 Å². The molecule has 0 N–H and O–H groups in total. The van der Waals surface area contributed by atoms with Crippen molar-refractivity contribution >= 4 is 40.7 Å². The molecule has 9 nitrogen and oxygen atoms in total. The molecule has 3 aromatic carbocycles. The second-order valence-electron chi connectivity index (χ2n) is 8.50. The van der Waals surface area contributed by atoms with Gasteiger partial charge in [-0.15, -0.1) is 0 Å². The Kier molecular flexibility index (Phi) is 5.72. The van der Waals surface area contributed by atoms with E-state index in [1.165, 1.54) is 17.0 Å². The van der Waals surface area contributed by atoms with Crippen LogP contribution in [-0.4, -0.2) is 40.2 Å². The number of carbonyl (C=O) groups excluding carboxylic acids is 3. The Morgan fingerprint density at radius 2 is 1.61 bits per heavy atom. The Labute approximate surface area is 211 Å². The molecule has 10 heteroatoms. The van der Waals surface area contributed by atoms with Gasteiger partial charge in [0.2, 0.25) is 0 Å². The van der Waals surface area contributed by atoms with Crippen LogP contribution in [0.25, 0.3) is 0 Å². The summed E-state index contributed by atoms with van der Waals surface area (Å²) in [6.07, 6.45) is 0. The van der Waals surface area contributed by atoms with Crippen LogP contribution in [0, 0.1) is 17.0 Å². The van der Waals surface area contributed by atoms with Crippen LogP contribution in [0.1, 0.15) is 44.8 Å². The molecule has 2 aliphatic rings. The highest BCUT2D eigenvalue weighted by Gasteiger charge is 2.57. The maximum atomic E-state index is 13.5. The summed E-state index contributed by atoms with van der Waals surface area (Å²) in [6.45, 7) is 4.19. The lowest BCUT2D eigenvalue weighted by Gasteiger charge is -2.49. The molecule has 182 valence electrons. The molecular weight excluding hydrogens is 486 g/mol. The van der Waals surface area contributed by atoms with E-state index in [0.29, 0.717) is 28.6 Å². The molecule has 36 heavy (non-hydrogen) atoms. The highest BCUT2D eigenvalue weighted by atomic mass is 35.5. The number of halogens is 1. The maximum Gasteiger partial charge on any atom is 0.270 e. The Balaban J connectivity index is 1.57. The molecule has 3 aromatic rings. The lowest BCUT2D eigenvalue weighted by molar-refractivity contribution is -0.384. The number of hydrogen-bond donors (Lipinski definition) is 0. The van der Waals surface area contributed by atoms with E-state index in [1.807, 2.05) is 13.8 Å². The molecule has 0 unspecified atom stereocenters. The van der Waals surface area contributed by atoms with Crippen LogP contribution in [-0.2, 0) is 4.79 Å². The minimum absolute atomic E-state index is 0.0284. The Hall–Kier alpha value is -4.24. The number of carbonyl (C=O) groups is 3. The second kappa shape index (κ2) is 8.76. The third-order valence-corrected chi connectivity index (χ3v) is 6.83. The summed E-state index contributed by atoms with van der Waals surface area (Å²) < 4.78 is 5.52. The number of nitrogens with zero attached hydrogens (tertiary/aromatic N) is 3. The second-order valence-corrected chi connectivity index (χ2v) is 8.91. The smallest absolute Gasteiger partial charge is 0.270 e. The molecule has 1 fully saturated rings. The number of fused-ring (bicyclic) bond motifs is 1. The first-order valence-electron chi connectivity index (χ1n) is 11.2. The third-order valence-electron chi connectivity index (χ3n) is 6.42. The number of benzene rings is 3. The number of aryl methyl sites for hydroxylation is 1. The summed E-state index contributed by atoms with van der Waals surface area (Å²) in [6, 6.07) is 13.9. The molecule has 2 heterocycles. The van der Waals surface area contributed by atoms with Gasteiger partial charge in [0.25, 0.3) is 23.4 Å². The van der Waals surface area contributed by atoms with E-state index in [-0.39, 0.29) is 16.8 Å². The van der Waals surface area contributed by atoms with Gasteiger partial charge in [0.05, 0.1) is 28.7 Å². The average Bonchev–Trinajstić information content (AvgIpc) is 3.10. The van der Waals surface area contributed by atoms with Crippen LogP contribution < -0.4 is 9.64 Å². The zero-order chi connectivity index (χ0) is 25.7. The number of amides is 3. The van der Waals surface area contributed by atoms with Crippen molar-refractivity contribution in [2.75, 3.05) is 11.5 Å². The number of non-ortho nitro benzene ring substituents is 1. The number of rotatable bonds is 6. The summed E-state index contributed by atoms with van der Waals surface area (Å²) in [7, 11) is 0. The van der Waals surface area contributed by atoms with Crippen LogP contribution in [0.5, 0.6) is 5.75 Å². The van der Waals surface area contributed by atoms with Gasteiger partial charge >= 0.3 is 0 Å². The predicted molar refractivity (Wildman–Crippen MR) is 131 cm³/mol. The Morgan fingerprint density at radius 3 is 2.25 bits per heavy atom. The van der Waals surface area contributed by atoms with E-state index in [0.717, 1.165) is 16.5 Å². The maximum absolute atomic E-state index is 13.5. The molecule has 0 aromatic heterocycles. The van der Waals surface area contributed by atoms with Crippen molar-refractivity contribution in [2.24, 2.45) is 0 Å². The molecule has 0 radical (unpaired) electrons. The first-order valence-corrected chi connectivity index (χ1v) is 11.6. The molecule has 5 rings (SSSR count). The Bertz CT molecular complexity index is 1440. The van der Waals surface area contributed by atoms with Crippen LogP contribution in [0.2, 0.25) is 5.02 Å². The largest absolute Gasteiger partial charge is 0.494 e. The zero-order valence-corrected chi connectivity index (χ0v) is 20.1. The van der Waals surface area contributed by atoms with Gasteiger partial charge in [-0.1, -0.05) is 29.8 Å². The monoisotopic (exact) mass is 505 g/mol. The van der Waals surface area contributed by atoms with Crippen molar-refractivity contribution in [2.45, 2.75) is 25.9 Å². The molecule has 2 atom stereocenters. The van der Waals surface area contributed by atoms with Crippen molar-refractivity contribution in [3.05, 3.63) is 98.1 Å². The molecule has 1 saturated heterocycles. The van der Waals surface area contributed by atoms with Crippen molar-refractivity contribution in [1.29, 1.82) is 0 Å². The number of nitro benzene ring substituents is 1. The third kappa shape index (κ3) is 3.59. The molecule has 0 aliphatic carbocycles. The van der Waals surface area contributed by atoms with E-state index < -0.39 is 34.7 Å². The lowest BCUT2D eigenvalue weighted by Crippen LogP contribution is -2.67. The molecule has 0 spiro atoms. The number of hydrogen-bond acceptors (Lipinski definition) is 6. The summed E-state index contributed by atoms with van der Waals surface area (Å²) in [5.41, 5.74) is 1.67. The summed E-state index contributed by atoms with van der Waals surface area (Å²) >= 11 is 6.32. The fourth-order valence-corrected chi connectivity index (χ4v) is 4.79. The Morgan fingerprint density at radius 1 is 0.917 bits per heavy atom. The van der Waals surface area contributed by atoms with Gasteiger partial charge in [-0.3, -0.25) is 29.4 Å². The normalized spacial score (nSPS) is 18.8. The number of anilines is 1. The first-order chi connectivity index (χ1) is 17.2. The summed E-state index contributed by atoms with van der Waals surface area (Å²) in [5, 5.41) is 11.7. The number of ether oxygens (including phenoxy) is 1. The lowest BCUT2D eigenvalue weighted by atomic mass is 9.86. The van der Waals surface area contributed by atoms with Gasteiger partial charge in [-0.25, -0.2) is 0 Å². The average molecular weight is 506 g/mol. The fourth-order valence-electron chi connectivity index (χ4n) is 4.62. The molecule has 0 saturated carbocycles. The highest BCUT2D eigenvalue weighted by molar-refractivity contribution is 6.32. The van der Waals surface area contributed by atoms with E-state index in [2.05, 4.69) is 0 Å². The van der Waals surface area contributed by atoms with Crippen molar-refractivity contribution in [3.63, 3.8) is 0 Å². The summed E-state index contributed by atoms with van der Waals surface area (Å²) in [4.78, 5) is 53.0. The first kappa shape index (κ1) is 23.5. The topological polar surface area (TPSA) is 110 Å². The van der Waals surface area contributed by atoms with Crippen LogP contribution >= 0.6 is 11.6 Å². The van der Waals surface area contributed by atoms with Gasteiger partial charge in [-0.2, -0.15) is 0 Å². The quantitative estimate of drug-likeness (QED) is 0.208. The van der Waals surface area contributed by atoms with E-state index in [4.69, 9.17) is 16.3 Å². The standard InChI is InChI=1S/C26H20ClN3O6/c1-3-36-18-9-5-15(6-10-18)22-23(26(33)28(22)16-7-4-14(2)21(27)13-16)29-24(31)19-11-8-17(30(34)35)12-20(19)25(29)32/h4-13,22-23H,3H2,1-2H3/t22-,23-/m1/s1. The SMILES string of the molecule is CCOc1ccc([C@@H]2[C@@H](N3C(=O)c4ccc([N+](=O)[O-])cc4C3=O)C(=O)N2c2ccc(C)c(Cl)c2)cc1. The van der Waals surface area contributed by atoms with Crippen molar-refractivity contribution < 1.29 is 24.0 Å². The molecule has 0 bridgehead atoms. The molecule has 2 aliphatic heterocycles. The molecule has 3 amide bonds. The number of nitro groups is 1. The fraction of sp³-hybridized carbons (Fsp3) is 0.192. The summed E-state index contributed by atoms with van der Waals surface area (Å²) in [5.74, 6) is -1.23. The van der Waals surface area contributed by atoms with Crippen molar-refractivity contribution in [3.8, 4) is 5.75 Å². The van der Waals surface area contributed by atoms with Crippen molar-refractivity contribution in [1.82, 2.24) is 4.90 Å². The number of β-lactam (4-membered cyclic amide) rings is 1. The van der Waals surface area contributed by atoms with Crippen LogP contribution in [0.15, 0.2) is 60.7 Å². The van der Waals surface area contributed by atoms with Gasteiger partial charge in [0.15, 0.2) is 0 Å². The van der Waals surface area contributed by atoms with Gasteiger partial charge < -0.3 is 9.64 Å². The molecular formula is C26H20ClN3O6. The highest BCUT2D eigenvalue weighted by Crippen LogP contribution is 2.45.